The molecule has 2 aromatic rings. The van der Waals surface area contributed by atoms with E-state index in [0.29, 0.717) is 6.04 Å². The second kappa shape index (κ2) is 4.47. The smallest absolute Gasteiger partial charge is 0.160 e. The van der Waals surface area contributed by atoms with Gasteiger partial charge in [0.1, 0.15) is 11.3 Å². The Kier molecular flexibility index (Phi) is 3.18. The number of aryl methyl sites for hydroxylation is 3. The molecule has 0 aliphatic rings. The molecule has 0 unspecified atom stereocenters. The van der Waals surface area contributed by atoms with Crippen LogP contribution in [0.5, 0.6) is 0 Å². The molecule has 0 saturated heterocycles. The van der Waals surface area contributed by atoms with Gasteiger partial charge < -0.3 is 4.57 Å². The van der Waals surface area contributed by atoms with Crippen molar-refractivity contribution in [2.75, 3.05) is 0 Å². The van der Waals surface area contributed by atoms with Gasteiger partial charge in [0.05, 0.1) is 0 Å². The van der Waals surface area contributed by atoms with Crippen molar-refractivity contribution in [1.29, 1.82) is 0 Å². The molecule has 3 heteroatoms. The molecule has 2 rings (SSSR count). The van der Waals surface area contributed by atoms with E-state index in [1.165, 1.54) is 11.3 Å². The normalized spacial score (nSPS) is 11.6. The Morgan fingerprint density at radius 3 is 2.41 bits per heavy atom. The zero-order valence-electron chi connectivity index (χ0n) is 11.4. The maximum atomic E-state index is 4.78. The summed E-state index contributed by atoms with van der Waals surface area (Å²) in [5, 5.41) is 0. The van der Waals surface area contributed by atoms with E-state index in [-0.39, 0.29) is 0 Å². The maximum absolute atomic E-state index is 4.78. The number of nitrogens with zero attached hydrogens (tertiary/aromatic N) is 3. The van der Waals surface area contributed by atoms with E-state index < -0.39 is 0 Å². The Hall–Kier alpha value is -1.38. The molecule has 0 fully saturated rings. The van der Waals surface area contributed by atoms with Crippen molar-refractivity contribution in [3.05, 3.63) is 23.1 Å². The molecule has 0 radical (unpaired) electrons. The maximum Gasteiger partial charge on any atom is 0.160 e. The zero-order valence-corrected chi connectivity index (χ0v) is 11.4. The highest BCUT2D eigenvalue weighted by Crippen LogP contribution is 2.22. The molecule has 17 heavy (non-hydrogen) atoms. The molecule has 0 amide bonds. The Labute approximate surface area is 103 Å². The van der Waals surface area contributed by atoms with Crippen LogP contribution in [0.3, 0.4) is 0 Å². The van der Waals surface area contributed by atoms with Gasteiger partial charge in [0.2, 0.25) is 0 Å². The van der Waals surface area contributed by atoms with Crippen LogP contribution in [0.25, 0.3) is 11.2 Å². The fourth-order valence-electron chi connectivity index (χ4n) is 2.35. The van der Waals surface area contributed by atoms with Gasteiger partial charge in [0.25, 0.3) is 0 Å². The SMILES string of the molecule is CCc1nc2c(cc1C)nc(CC)n2C(C)C. The first kappa shape index (κ1) is 12.1. The van der Waals surface area contributed by atoms with E-state index in [0.717, 1.165) is 29.8 Å². The molecule has 2 heterocycles. The van der Waals surface area contributed by atoms with Gasteiger partial charge in [-0.05, 0) is 38.8 Å². The van der Waals surface area contributed by atoms with Gasteiger partial charge in [0, 0.05) is 18.2 Å². The van der Waals surface area contributed by atoms with Crippen LogP contribution in [0.4, 0.5) is 0 Å². The average molecular weight is 231 g/mol. The van der Waals surface area contributed by atoms with Gasteiger partial charge in [-0.15, -0.1) is 0 Å². The summed E-state index contributed by atoms with van der Waals surface area (Å²) in [5.41, 5.74) is 4.50. The Morgan fingerprint density at radius 1 is 1.18 bits per heavy atom. The summed E-state index contributed by atoms with van der Waals surface area (Å²) in [6, 6.07) is 2.58. The lowest BCUT2D eigenvalue weighted by Crippen LogP contribution is -2.07. The average Bonchev–Trinajstić information content (AvgIpc) is 2.65. The second-order valence-electron chi connectivity index (χ2n) is 4.79. The van der Waals surface area contributed by atoms with E-state index in [2.05, 4.69) is 50.2 Å². The Morgan fingerprint density at radius 2 is 1.88 bits per heavy atom. The molecule has 0 saturated carbocycles. The highest BCUT2D eigenvalue weighted by atomic mass is 15.1. The lowest BCUT2D eigenvalue weighted by molar-refractivity contribution is 0.583. The lowest BCUT2D eigenvalue weighted by atomic mass is 10.2. The third kappa shape index (κ3) is 1.94. The molecule has 0 N–H and O–H groups in total. The largest absolute Gasteiger partial charge is 0.310 e. The van der Waals surface area contributed by atoms with Crippen LogP contribution in [0.1, 0.15) is 50.8 Å². The summed E-state index contributed by atoms with van der Waals surface area (Å²) in [6.07, 6.45) is 1.93. The third-order valence-electron chi connectivity index (χ3n) is 3.20. The minimum atomic E-state index is 0.412. The Bertz CT molecular complexity index is 538. The summed E-state index contributed by atoms with van der Waals surface area (Å²) < 4.78 is 2.26. The van der Waals surface area contributed by atoms with E-state index in [1.54, 1.807) is 0 Å². The van der Waals surface area contributed by atoms with Crippen LogP contribution >= 0.6 is 0 Å². The summed E-state index contributed by atoms with van der Waals surface area (Å²) in [5.74, 6) is 1.13. The first-order valence-electron chi connectivity index (χ1n) is 6.45. The van der Waals surface area contributed by atoms with Gasteiger partial charge in [-0.25, -0.2) is 9.97 Å². The fraction of sp³-hybridized carbons (Fsp3) is 0.571. The first-order chi connectivity index (χ1) is 8.08. The molecule has 0 bridgehead atoms. The number of aromatic nitrogens is 3. The topological polar surface area (TPSA) is 30.7 Å². The van der Waals surface area contributed by atoms with E-state index in [1.807, 2.05) is 0 Å². The number of pyridine rings is 1. The van der Waals surface area contributed by atoms with Crippen molar-refractivity contribution in [1.82, 2.24) is 14.5 Å². The minimum Gasteiger partial charge on any atom is -0.310 e. The van der Waals surface area contributed by atoms with Crippen molar-refractivity contribution in [3.8, 4) is 0 Å². The molecule has 2 aromatic heterocycles. The molecule has 0 spiro atoms. The number of hydrogen-bond donors (Lipinski definition) is 0. The quantitative estimate of drug-likeness (QED) is 0.810. The predicted octanol–water partition coefficient (Wildman–Crippen LogP) is 3.45. The molecule has 3 nitrogen and oxygen atoms in total. The van der Waals surface area contributed by atoms with Crippen LogP contribution in [0, 0.1) is 6.92 Å². The minimum absolute atomic E-state index is 0.412. The van der Waals surface area contributed by atoms with Crippen molar-refractivity contribution >= 4 is 11.2 Å². The molecule has 92 valence electrons. The highest BCUT2D eigenvalue weighted by molar-refractivity contribution is 5.73. The van der Waals surface area contributed by atoms with Gasteiger partial charge in [-0.2, -0.15) is 0 Å². The van der Waals surface area contributed by atoms with Crippen molar-refractivity contribution in [3.63, 3.8) is 0 Å². The molecule has 0 atom stereocenters. The first-order valence-corrected chi connectivity index (χ1v) is 6.45. The number of hydrogen-bond acceptors (Lipinski definition) is 2. The second-order valence-corrected chi connectivity index (χ2v) is 4.79. The Balaban J connectivity index is 2.76. The van der Waals surface area contributed by atoms with Gasteiger partial charge >= 0.3 is 0 Å². The van der Waals surface area contributed by atoms with E-state index in [4.69, 9.17) is 4.98 Å². The van der Waals surface area contributed by atoms with Gasteiger partial charge in [-0.1, -0.05) is 13.8 Å². The molecule has 0 aliphatic carbocycles. The van der Waals surface area contributed by atoms with Crippen LogP contribution < -0.4 is 0 Å². The van der Waals surface area contributed by atoms with Crippen LogP contribution in [0.2, 0.25) is 0 Å². The van der Waals surface area contributed by atoms with Crippen LogP contribution in [-0.4, -0.2) is 14.5 Å². The molecular weight excluding hydrogens is 210 g/mol. The summed E-state index contributed by atoms with van der Waals surface area (Å²) in [4.78, 5) is 9.47. The van der Waals surface area contributed by atoms with Crippen molar-refractivity contribution in [2.45, 2.75) is 53.5 Å². The number of fused-ring (bicyclic) bond motifs is 1. The molecule has 0 aromatic carbocycles. The van der Waals surface area contributed by atoms with E-state index in [9.17, 15) is 0 Å². The fourth-order valence-corrected chi connectivity index (χ4v) is 2.35. The number of rotatable bonds is 3. The van der Waals surface area contributed by atoms with E-state index >= 15 is 0 Å². The predicted molar refractivity (Wildman–Crippen MR) is 71.4 cm³/mol. The van der Waals surface area contributed by atoms with Crippen LogP contribution in [-0.2, 0) is 12.8 Å². The van der Waals surface area contributed by atoms with Gasteiger partial charge in [-0.3, -0.25) is 0 Å². The lowest BCUT2D eigenvalue weighted by Gasteiger charge is -2.12. The zero-order chi connectivity index (χ0) is 12.6. The van der Waals surface area contributed by atoms with Gasteiger partial charge in [0.15, 0.2) is 5.65 Å². The monoisotopic (exact) mass is 231 g/mol. The summed E-state index contributed by atoms with van der Waals surface area (Å²) in [6.45, 7) is 10.8. The summed E-state index contributed by atoms with van der Waals surface area (Å²) >= 11 is 0. The summed E-state index contributed by atoms with van der Waals surface area (Å²) in [7, 11) is 0. The third-order valence-corrected chi connectivity index (χ3v) is 3.20. The van der Waals surface area contributed by atoms with Crippen molar-refractivity contribution in [2.24, 2.45) is 0 Å². The molecule has 0 aliphatic heterocycles. The molecular formula is C14H21N3. The highest BCUT2D eigenvalue weighted by Gasteiger charge is 2.14. The standard InChI is InChI=1S/C14H21N3/c1-6-11-10(5)8-12-14(16-11)17(9(3)4)13(7-2)15-12/h8-9H,6-7H2,1-5H3. The van der Waals surface area contributed by atoms with Crippen molar-refractivity contribution < 1.29 is 0 Å². The van der Waals surface area contributed by atoms with Crippen LogP contribution in [0.15, 0.2) is 6.07 Å². The number of imidazole rings is 1.